The summed E-state index contributed by atoms with van der Waals surface area (Å²) in [5.41, 5.74) is 1.88. The van der Waals surface area contributed by atoms with Crippen LogP contribution in [-0.4, -0.2) is 24.0 Å². The lowest BCUT2D eigenvalue weighted by atomic mass is 10.0. The van der Waals surface area contributed by atoms with E-state index in [9.17, 15) is 20.2 Å². The molecule has 10 heteroatoms. The summed E-state index contributed by atoms with van der Waals surface area (Å²) in [5, 5.41) is 23.6. The number of para-hydroxylation sites is 1. The maximum absolute atomic E-state index is 12.4. The first-order chi connectivity index (χ1) is 16.8. The molecule has 0 fully saturated rings. The molecule has 0 bridgehead atoms. The van der Waals surface area contributed by atoms with Crippen molar-refractivity contribution in [3.63, 3.8) is 0 Å². The third-order valence-electron chi connectivity index (χ3n) is 4.65. The average molecular weight is 557 g/mol. The van der Waals surface area contributed by atoms with Gasteiger partial charge in [-0.25, -0.2) is 0 Å². The summed E-state index contributed by atoms with van der Waals surface area (Å²) >= 11 is 9.52. The van der Waals surface area contributed by atoms with Crippen LogP contribution in [-0.2, 0) is 4.79 Å². The van der Waals surface area contributed by atoms with Crippen LogP contribution in [0, 0.1) is 21.4 Å². The standard InChI is InChI=1S/C25H19BrClN3O5/c1-2-34-23-13-16(11-18(14-28)17-7-9-19(10-8-17)30(32)33)12-20(26)25(23)35-15-24(31)29-22-6-4-3-5-21(22)27/h3-13H,2,15H2,1H3,(H,29,31)/b18-11+. The zero-order chi connectivity index (χ0) is 25.4. The molecule has 3 aromatic rings. The molecule has 0 radical (unpaired) electrons. The molecule has 0 aliphatic rings. The summed E-state index contributed by atoms with van der Waals surface area (Å²) in [6.07, 6.45) is 1.63. The minimum absolute atomic E-state index is 0.0625. The first kappa shape index (κ1) is 25.7. The van der Waals surface area contributed by atoms with E-state index in [1.54, 1.807) is 42.5 Å². The maximum atomic E-state index is 12.4. The highest BCUT2D eigenvalue weighted by molar-refractivity contribution is 9.10. The summed E-state index contributed by atoms with van der Waals surface area (Å²) in [6.45, 7) is 1.86. The highest BCUT2D eigenvalue weighted by Crippen LogP contribution is 2.38. The molecule has 3 rings (SSSR count). The van der Waals surface area contributed by atoms with Crippen LogP contribution in [0.15, 0.2) is 65.1 Å². The van der Waals surface area contributed by atoms with Gasteiger partial charge in [-0.1, -0.05) is 23.7 Å². The van der Waals surface area contributed by atoms with Gasteiger partial charge in [0, 0.05) is 12.1 Å². The predicted molar refractivity (Wildman–Crippen MR) is 137 cm³/mol. The summed E-state index contributed by atoms with van der Waals surface area (Å²) in [7, 11) is 0. The number of amides is 1. The molecule has 0 aliphatic heterocycles. The number of hydrogen-bond acceptors (Lipinski definition) is 6. The van der Waals surface area contributed by atoms with Crippen LogP contribution in [0.3, 0.4) is 0 Å². The average Bonchev–Trinajstić information content (AvgIpc) is 2.83. The third-order valence-corrected chi connectivity index (χ3v) is 5.57. The van der Waals surface area contributed by atoms with Crippen molar-refractivity contribution in [1.82, 2.24) is 0 Å². The number of allylic oxidation sites excluding steroid dienone is 1. The molecule has 0 saturated carbocycles. The maximum Gasteiger partial charge on any atom is 0.269 e. The molecular weight excluding hydrogens is 538 g/mol. The summed E-state index contributed by atoms with van der Waals surface area (Å²) < 4.78 is 11.9. The number of nitriles is 1. The number of non-ortho nitro benzene ring substituents is 1. The van der Waals surface area contributed by atoms with Crippen molar-refractivity contribution in [2.24, 2.45) is 0 Å². The number of carbonyl (C=O) groups excluding carboxylic acids is 1. The molecule has 1 amide bonds. The molecule has 35 heavy (non-hydrogen) atoms. The SMILES string of the molecule is CCOc1cc(/C=C(\C#N)c2ccc([N+](=O)[O-])cc2)cc(Br)c1OCC(=O)Nc1ccccc1Cl. The van der Waals surface area contributed by atoms with E-state index in [0.717, 1.165) is 0 Å². The van der Waals surface area contributed by atoms with Crippen LogP contribution < -0.4 is 14.8 Å². The van der Waals surface area contributed by atoms with Crippen molar-refractivity contribution in [3.05, 3.63) is 91.4 Å². The monoisotopic (exact) mass is 555 g/mol. The third kappa shape index (κ3) is 6.82. The molecule has 1 N–H and O–H groups in total. The van der Waals surface area contributed by atoms with Crippen LogP contribution in [0.2, 0.25) is 5.02 Å². The Hall–Kier alpha value is -3.87. The lowest BCUT2D eigenvalue weighted by molar-refractivity contribution is -0.384. The summed E-state index contributed by atoms with van der Waals surface area (Å²) in [6, 6.07) is 18.1. The Kier molecular flexibility index (Phi) is 8.84. The van der Waals surface area contributed by atoms with Crippen molar-refractivity contribution in [3.8, 4) is 17.6 Å². The first-order valence-electron chi connectivity index (χ1n) is 10.3. The summed E-state index contributed by atoms with van der Waals surface area (Å²) in [5.74, 6) is 0.299. The van der Waals surface area contributed by atoms with E-state index < -0.39 is 10.8 Å². The second-order valence-electron chi connectivity index (χ2n) is 7.05. The largest absolute Gasteiger partial charge is 0.490 e. The Bertz CT molecular complexity index is 1320. The minimum Gasteiger partial charge on any atom is -0.490 e. The van der Waals surface area contributed by atoms with Gasteiger partial charge in [-0.2, -0.15) is 5.26 Å². The van der Waals surface area contributed by atoms with E-state index in [1.807, 2.05) is 6.92 Å². The van der Waals surface area contributed by atoms with Gasteiger partial charge in [-0.15, -0.1) is 0 Å². The predicted octanol–water partition coefficient (Wildman–Crippen LogP) is 6.49. The molecular formula is C25H19BrClN3O5. The van der Waals surface area contributed by atoms with E-state index in [1.165, 1.54) is 24.3 Å². The Morgan fingerprint density at radius 3 is 2.54 bits per heavy atom. The Balaban J connectivity index is 1.82. The normalized spacial score (nSPS) is 10.9. The number of nitrogens with one attached hydrogen (secondary N) is 1. The Morgan fingerprint density at radius 1 is 1.20 bits per heavy atom. The second-order valence-corrected chi connectivity index (χ2v) is 8.32. The van der Waals surface area contributed by atoms with E-state index in [4.69, 9.17) is 21.1 Å². The molecule has 0 aliphatic carbocycles. The van der Waals surface area contributed by atoms with Crippen LogP contribution >= 0.6 is 27.5 Å². The number of nitrogens with zero attached hydrogens (tertiary/aromatic N) is 2. The van der Waals surface area contributed by atoms with Crippen molar-refractivity contribution < 1.29 is 19.2 Å². The van der Waals surface area contributed by atoms with Crippen LogP contribution in [0.1, 0.15) is 18.1 Å². The highest BCUT2D eigenvalue weighted by Gasteiger charge is 2.15. The van der Waals surface area contributed by atoms with Gasteiger partial charge in [0.2, 0.25) is 0 Å². The fourth-order valence-corrected chi connectivity index (χ4v) is 3.83. The lowest BCUT2D eigenvalue weighted by Crippen LogP contribution is -2.20. The van der Waals surface area contributed by atoms with Gasteiger partial charge in [0.15, 0.2) is 18.1 Å². The van der Waals surface area contributed by atoms with E-state index in [0.29, 0.717) is 50.0 Å². The van der Waals surface area contributed by atoms with Crippen molar-refractivity contribution >= 4 is 56.5 Å². The lowest BCUT2D eigenvalue weighted by Gasteiger charge is -2.15. The number of rotatable bonds is 9. The molecule has 8 nitrogen and oxygen atoms in total. The highest BCUT2D eigenvalue weighted by atomic mass is 79.9. The van der Waals surface area contributed by atoms with Gasteiger partial charge in [0.25, 0.3) is 11.6 Å². The zero-order valence-electron chi connectivity index (χ0n) is 18.5. The van der Waals surface area contributed by atoms with Crippen molar-refractivity contribution in [1.29, 1.82) is 5.26 Å². The smallest absolute Gasteiger partial charge is 0.269 e. The first-order valence-corrected chi connectivity index (χ1v) is 11.5. The Morgan fingerprint density at radius 2 is 1.91 bits per heavy atom. The molecule has 178 valence electrons. The van der Waals surface area contributed by atoms with E-state index >= 15 is 0 Å². The number of hydrogen-bond donors (Lipinski definition) is 1. The van der Waals surface area contributed by atoms with Crippen molar-refractivity contribution in [2.75, 3.05) is 18.5 Å². The topological polar surface area (TPSA) is 114 Å². The molecule has 0 heterocycles. The zero-order valence-corrected chi connectivity index (χ0v) is 20.8. The molecule has 0 saturated heterocycles. The van der Waals surface area contributed by atoms with Gasteiger partial charge in [0.1, 0.15) is 0 Å². The van der Waals surface area contributed by atoms with Crippen LogP contribution in [0.5, 0.6) is 11.5 Å². The van der Waals surface area contributed by atoms with Crippen molar-refractivity contribution in [2.45, 2.75) is 6.92 Å². The quantitative estimate of drug-likeness (QED) is 0.139. The molecule has 0 unspecified atom stereocenters. The van der Waals surface area contributed by atoms with Gasteiger partial charge >= 0.3 is 0 Å². The van der Waals surface area contributed by atoms with Crippen LogP contribution in [0.25, 0.3) is 11.6 Å². The van der Waals surface area contributed by atoms with Gasteiger partial charge in [-0.3, -0.25) is 14.9 Å². The molecule has 0 atom stereocenters. The fraction of sp³-hybridized carbons (Fsp3) is 0.120. The van der Waals surface area contributed by atoms with Crippen LogP contribution in [0.4, 0.5) is 11.4 Å². The minimum atomic E-state index is -0.502. The number of anilines is 1. The van der Waals surface area contributed by atoms with E-state index in [2.05, 4.69) is 27.3 Å². The fourth-order valence-electron chi connectivity index (χ4n) is 3.07. The van der Waals surface area contributed by atoms with Gasteiger partial charge in [0.05, 0.1) is 38.4 Å². The van der Waals surface area contributed by atoms with Gasteiger partial charge < -0.3 is 14.8 Å². The number of nitro benzene ring substituents is 1. The van der Waals surface area contributed by atoms with E-state index in [-0.39, 0.29) is 12.3 Å². The number of carbonyl (C=O) groups is 1. The second kappa shape index (κ2) is 12.0. The number of ether oxygens (including phenoxy) is 2. The van der Waals surface area contributed by atoms with Gasteiger partial charge in [-0.05, 0) is 76.5 Å². The molecule has 0 aromatic heterocycles. The number of halogens is 2. The number of benzene rings is 3. The number of nitro groups is 1. The summed E-state index contributed by atoms with van der Waals surface area (Å²) in [4.78, 5) is 22.7. The molecule has 3 aromatic carbocycles. The molecule has 0 spiro atoms. The Labute approximate surface area is 215 Å².